The van der Waals surface area contributed by atoms with Gasteiger partial charge in [0.2, 0.25) is 5.91 Å². The fourth-order valence-electron chi connectivity index (χ4n) is 1.93. The molecule has 6 nitrogen and oxygen atoms in total. The van der Waals surface area contributed by atoms with Crippen LogP contribution in [0.15, 0.2) is 4.99 Å². The molecule has 20 heavy (non-hydrogen) atoms. The summed E-state index contributed by atoms with van der Waals surface area (Å²) in [4.78, 5) is 15.6. The Labute approximate surface area is 138 Å². The Morgan fingerprint density at radius 2 is 2.15 bits per heavy atom. The Morgan fingerprint density at radius 1 is 1.40 bits per heavy atom. The number of nitrogens with one attached hydrogen (secondary N) is 3. The summed E-state index contributed by atoms with van der Waals surface area (Å²) < 4.78 is 5.52. The van der Waals surface area contributed by atoms with Crippen molar-refractivity contribution in [3.63, 3.8) is 0 Å². The molecule has 0 bridgehead atoms. The Morgan fingerprint density at radius 3 is 2.70 bits per heavy atom. The third kappa shape index (κ3) is 8.57. The van der Waals surface area contributed by atoms with E-state index in [2.05, 4.69) is 20.9 Å². The topological polar surface area (TPSA) is 74.8 Å². The molecule has 1 fully saturated rings. The number of aliphatic imine (C=N–C) groups is 1. The summed E-state index contributed by atoms with van der Waals surface area (Å²) >= 11 is 0. The molecule has 1 unspecified atom stereocenters. The highest BCUT2D eigenvalue weighted by molar-refractivity contribution is 14.0. The molecule has 7 heteroatoms. The molecule has 0 spiro atoms. The smallest absolute Gasteiger partial charge is 0.221 e. The zero-order valence-corrected chi connectivity index (χ0v) is 14.9. The van der Waals surface area contributed by atoms with E-state index in [1.807, 2.05) is 13.8 Å². The SMILES string of the molecule is CN=C(NCCC(=O)NC(C)C)NCC1CCCO1.I. The first-order valence-corrected chi connectivity index (χ1v) is 6.97. The molecule has 1 atom stereocenters. The van der Waals surface area contributed by atoms with Crippen LogP contribution in [-0.2, 0) is 9.53 Å². The van der Waals surface area contributed by atoms with Crippen molar-refractivity contribution in [2.75, 3.05) is 26.7 Å². The Hall–Kier alpha value is -0.570. The average molecular weight is 398 g/mol. The minimum absolute atomic E-state index is 0. The average Bonchev–Trinajstić information content (AvgIpc) is 2.85. The maximum atomic E-state index is 11.5. The van der Waals surface area contributed by atoms with Crippen LogP contribution in [0.5, 0.6) is 0 Å². The van der Waals surface area contributed by atoms with Gasteiger partial charge in [0.15, 0.2) is 5.96 Å². The summed E-state index contributed by atoms with van der Waals surface area (Å²) in [6, 6.07) is 0.185. The summed E-state index contributed by atoms with van der Waals surface area (Å²) in [5, 5.41) is 9.18. The second-order valence-corrected chi connectivity index (χ2v) is 4.99. The summed E-state index contributed by atoms with van der Waals surface area (Å²) in [6.45, 7) is 6.09. The second-order valence-electron chi connectivity index (χ2n) is 4.99. The van der Waals surface area contributed by atoms with Gasteiger partial charge in [0.05, 0.1) is 6.10 Å². The van der Waals surface area contributed by atoms with Gasteiger partial charge in [0.25, 0.3) is 0 Å². The first kappa shape index (κ1) is 19.4. The largest absolute Gasteiger partial charge is 0.376 e. The van der Waals surface area contributed by atoms with Crippen LogP contribution in [-0.4, -0.2) is 50.8 Å². The quantitative estimate of drug-likeness (QED) is 0.353. The monoisotopic (exact) mass is 398 g/mol. The van der Waals surface area contributed by atoms with Crippen molar-refractivity contribution in [3.05, 3.63) is 0 Å². The first-order valence-electron chi connectivity index (χ1n) is 6.97. The van der Waals surface area contributed by atoms with Crippen LogP contribution in [0, 0.1) is 0 Å². The molecule has 1 saturated heterocycles. The van der Waals surface area contributed by atoms with Crippen LogP contribution in [0.2, 0.25) is 0 Å². The number of halogens is 1. The normalized spacial score (nSPS) is 18.6. The van der Waals surface area contributed by atoms with Crippen molar-refractivity contribution in [3.8, 4) is 0 Å². The van der Waals surface area contributed by atoms with Crippen molar-refractivity contribution in [1.82, 2.24) is 16.0 Å². The van der Waals surface area contributed by atoms with Crippen molar-refractivity contribution in [2.24, 2.45) is 4.99 Å². The van der Waals surface area contributed by atoms with Crippen molar-refractivity contribution >= 4 is 35.8 Å². The number of rotatable bonds is 6. The predicted molar refractivity (Wildman–Crippen MR) is 91.6 cm³/mol. The van der Waals surface area contributed by atoms with Gasteiger partial charge in [-0.1, -0.05) is 0 Å². The fourth-order valence-corrected chi connectivity index (χ4v) is 1.93. The Bertz CT molecular complexity index is 305. The molecule has 1 aliphatic rings. The van der Waals surface area contributed by atoms with E-state index in [1.165, 1.54) is 0 Å². The fraction of sp³-hybridized carbons (Fsp3) is 0.846. The minimum atomic E-state index is 0. The number of guanidine groups is 1. The van der Waals surface area contributed by atoms with Crippen LogP contribution >= 0.6 is 24.0 Å². The van der Waals surface area contributed by atoms with E-state index in [4.69, 9.17) is 4.74 Å². The lowest BCUT2D eigenvalue weighted by atomic mass is 10.2. The van der Waals surface area contributed by atoms with E-state index in [0.717, 1.165) is 26.0 Å². The molecular weight excluding hydrogens is 371 g/mol. The van der Waals surface area contributed by atoms with Crippen LogP contribution in [0.4, 0.5) is 0 Å². The van der Waals surface area contributed by atoms with Gasteiger partial charge in [0.1, 0.15) is 0 Å². The maximum Gasteiger partial charge on any atom is 0.221 e. The number of carbonyl (C=O) groups excluding carboxylic acids is 1. The lowest BCUT2D eigenvalue weighted by molar-refractivity contribution is -0.121. The van der Waals surface area contributed by atoms with Gasteiger partial charge in [-0.25, -0.2) is 0 Å². The van der Waals surface area contributed by atoms with E-state index >= 15 is 0 Å². The molecule has 118 valence electrons. The van der Waals surface area contributed by atoms with Gasteiger partial charge < -0.3 is 20.7 Å². The second kappa shape index (κ2) is 11.1. The lowest BCUT2D eigenvalue weighted by Gasteiger charge is -2.15. The molecule has 1 aliphatic heterocycles. The molecule has 1 rings (SSSR count). The minimum Gasteiger partial charge on any atom is -0.376 e. The van der Waals surface area contributed by atoms with Gasteiger partial charge >= 0.3 is 0 Å². The molecule has 1 amide bonds. The number of amides is 1. The molecule has 1 heterocycles. The number of ether oxygens (including phenoxy) is 1. The summed E-state index contributed by atoms with van der Waals surface area (Å²) in [6.07, 6.45) is 2.95. The summed E-state index contributed by atoms with van der Waals surface area (Å²) in [5.74, 6) is 0.768. The number of hydrogen-bond acceptors (Lipinski definition) is 3. The summed E-state index contributed by atoms with van der Waals surface area (Å²) in [7, 11) is 1.72. The van der Waals surface area contributed by atoms with E-state index in [1.54, 1.807) is 7.05 Å². The highest BCUT2D eigenvalue weighted by Crippen LogP contribution is 2.10. The van der Waals surface area contributed by atoms with Gasteiger partial charge in [-0.3, -0.25) is 9.79 Å². The zero-order chi connectivity index (χ0) is 14.1. The van der Waals surface area contributed by atoms with Crippen LogP contribution < -0.4 is 16.0 Å². The van der Waals surface area contributed by atoms with Crippen LogP contribution in [0.1, 0.15) is 33.1 Å². The molecule has 0 saturated carbocycles. The maximum absolute atomic E-state index is 11.5. The van der Waals surface area contributed by atoms with Crippen molar-refractivity contribution in [1.29, 1.82) is 0 Å². The number of nitrogens with zero attached hydrogens (tertiary/aromatic N) is 1. The van der Waals surface area contributed by atoms with Gasteiger partial charge in [-0.15, -0.1) is 24.0 Å². The molecule has 0 radical (unpaired) electrons. The van der Waals surface area contributed by atoms with Crippen molar-refractivity contribution in [2.45, 2.75) is 45.3 Å². The third-order valence-corrected chi connectivity index (χ3v) is 2.84. The van der Waals surface area contributed by atoms with Crippen molar-refractivity contribution < 1.29 is 9.53 Å². The van der Waals surface area contributed by atoms with E-state index in [0.29, 0.717) is 18.9 Å². The summed E-state index contributed by atoms with van der Waals surface area (Å²) in [5.41, 5.74) is 0. The predicted octanol–water partition coefficient (Wildman–Crippen LogP) is 0.863. The molecule has 0 aromatic rings. The van der Waals surface area contributed by atoms with Gasteiger partial charge in [-0.05, 0) is 26.7 Å². The Balaban J connectivity index is 0.00000361. The lowest BCUT2D eigenvalue weighted by Crippen LogP contribution is -2.42. The Kier molecular flexibility index (Phi) is 10.8. The zero-order valence-electron chi connectivity index (χ0n) is 12.6. The van der Waals surface area contributed by atoms with Gasteiger partial charge in [0, 0.05) is 39.2 Å². The number of carbonyl (C=O) groups is 1. The third-order valence-electron chi connectivity index (χ3n) is 2.84. The van der Waals surface area contributed by atoms with Gasteiger partial charge in [-0.2, -0.15) is 0 Å². The van der Waals surface area contributed by atoms with E-state index in [9.17, 15) is 4.79 Å². The molecule has 0 aliphatic carbocycles. The highest BCUT2D eigenvalue weighted by Gasteiger charge is 2.15. The highest BCUT2D eigenvalue weighted by atomic mass is 127. The molecule has 3 N–H and O–H groups in total. The first-order chi connectivity index (χ1) is 9.11. The number of hydrogen-bond donors (Lipinski definition) is 3. The van der Waals surface area contributed by atoms with E-state index in [-0.39, 0.29) is 42.0 Å². The molecular formula is C13H27IN4O2. The van der Waals surface area contributed by atoms with E-state index < -0.39 is 0 Å². The van der Waals surface area contributed by atoms with Crippen LogP contribution in [0.3, 0.4) is 0 Å². The molecule has 0 aromatic heterocycles. The van der Waals surface area contributed by atoms with Crippen LogP contribution in [0.25, 0.3) is 0 Å². The standard InChI is InChI=1S/C13H26N4O2.HI/c1-10(2)17-12(18)6-7-15-13(14-3)16-9-11-5-4-8-19-11;/h10-11H,4-9H2,1-3H3,(H,17,18)(H2,14,15,16);1H. The molecule has 0 aromatic carbocycles.